The lowest BCUT2D eigenvalue weighted by Gasteiger charge is -2.44. The van der Waals surface area contributed by atoms with Crippen LogP contribution in [0, 0.1) is 11.6 Å². The van der Waals surface area contributed by atoms with Gasteiger partial charge < -0.3 is 9.64 Å². The van der Waals surface area contributed by atoms with Crippen molar-refractivity contribution in [1.82, 2.24) is 24.6 Å². The molecule has 0 saturated carbocycles. The van der Waals surface area contributed by atoms with Crippen LogP contribution in [0.4, 0.5) is 23.4 Å². The Morgan fingerprint density at radius 1 is 1.08 bits per heavy atom. The van der Waals surface area contributed by atoms with Crippen LogP contribution in [0.1, 0.15) is 19.4 Å². The molecule has 39 heavy (non-hydrogen) atoms. The fraction of sp³-hybridized carbons (Fsp3) is 0.370. The summed E-state index contributed by atoms with van der Waals surface area (Å²) in [5.74, 6) is 0.456. The van der Waals surface area contributed by atoms with Crippen LogP contribution in [0.25, 0.3) is 27.0 Å². The third kappa shape index (κ3) is 4.87. The number of hydrogen-bond donors (Lipinski definition) is 0. The van der Waals surface area contributed by atoms with Crippen LogP contribution in [0.5, 0.6) is 5.75 Å². The zero-order chi connectivity index (χ0) is 27.3. The largest absolute Gasteiger partial charge is 0.491 e. The minimum Gasteiger partial charge on any atom is -0.491 e. The van der Waals surface area contributed by atoms with Gasteiger partial charge in [0.25, 0.3) is 6.43 Å². The molecule has 2 aliphatic rings. The highest BCUT2D eigenvalue weighted by Crippen LogP contribution is 2.43. The Labute approximate surface area is 226 Å². The number of benzene rings is 1. The van der Waals surface area contributed by atoms with E-state index in [0.717, 1.165) is 27.2 Å². The molecule has 0 N–H and O–H groups in total. The summed E-state index contributed by atoms with van der Waals surface area (Å²) in [6.07, 6.45) is -0.385. The highest BCUT2D eigenvalue weighted by Gasteiger charge is 2.32. The van der Waals surface area contributed by atoms with E-state index >= 15 is 0 Å². The van der Waals surface area contributed by atoms with Crippen molar-refractivity contribution in [2.75, 3.05) is 31.1 Å². The molecule has 2 aliphatic heterocycles. The van der Waals surface area contributed by atoms with Crippen molar-refractivity contribution >= 4 is 17.2 Å². The lowest BCUT2D eigenvalue weighted by atomic mass is 10.1. The van der Waals surface area contributed by atoms with Gasteiger partial charge in [0.15, 0.2) is 11.6 Å². The molecule has 4 aromatic rings. The van der Waals surface area contributed by atoms with Gasteiger partial charge in [-0.15, -0.1) is 11.3 Å². The number of alkyl halides is 2. The van der Waals surface area contributed by atoms with E-state index in [2.05, 4.69) is 15.0 Å². The van der Waals surface area contributed by atoms with Gasteiger partial charge in [0.1, 0.15) is 35.1 Å². The van der Waals surface area contributed by atoms with Crippen LogP contribution >= 0.6 is 11.3 Å². The average Bonchev–Trinajstić information content (AvgIpc) is 3.50. The number of fused-ring (bicyclic) bond motifs is 3. The van der Waals surface area contributed by atoms with Crippen molar-refractivity contribution in [3.05, 3.63) is 59.9 Å². The minimum absolute atomic E-state index is 0.0540. The summed E-state index contributed by atoms with van der Waals surface area (Å²) in [7, 11) is 0. The maximum absolute atomic E-state index is 14.6. The monoisotopic (exact) mass is 558 g/mol. The third-order valence-corrected chi connectivity index (χ3v) is 8.36. The number of halogens is 4. The molecule has 1 fully saturated rings. The Bertz CT molecular complexity index is 1500. The fourth-order valence-electron chi connectivity index (χ4n) is 5.39. The van der Waals surface area contributed by atoms with Crippen molar-refractivity contribution in [2.45, 2.75) is 38.8 Å². The zero-order valence-electron chi connectivity index (χ0n) is 21.3. The molecular formula is C27H26F4N6OS. The number of nitrogens with zero attached hydrogens (tertiary/aromatic N) is 6. The second-order valence-corrected chi connectivity index (χ2v) is 10.9. The van der Waals surface area contributed by atoms with E-state index in [9.17, 15) is 17.6 Å². The van der Waals surface area contributed by atoms with E-state index in [1.54, 1.807) is 0 Å². The molecule has 1 saturated heterocycles. The first-order valence-electron chi connectivity index (χ1n) is 12.7. The van der Waals surface area contributed by atoms with Crippen LogP contribution in [0.15, 0.2) is 42.7 Å². The molecule has 0 bridgehead atoms. The number of ether oxygens (including phenoxy) is 1. The third-order valence-electron chi connectivity index (χ3n) is 7.18. The van der Waals surface area contributed by atoms with Gasteiger partial charge in [-0.2, -0.15) is 5.10 Å². The zero-order valence-corrected chi connectivity index (χ0v) is 22.1. The van der Waals surface area contributed by atoms with Gasteiger partial charge in [0.2, 0.25) is 0 Å². The smallest absolute Gasteiger partial charge is 0.251 e. The molecule has 6 rings (SSSR count). The molecular weight excluding hydrogens is 532 g/mol. The Morgan fingerprint density at radius 2 is 1.87 bits per heavy atom. The topological polar surface area (TPSA) is 59.3 Å². The van der Waals surface area contributed by atoms with Gasteiger partial charge in [0, 0.05) is 37.7 Å². The predicted molar refractivity (Wildman–Crippen MR) is 141 cm³/mol. The lowest BCUT2D eigenvalue weighted by molar-refractivity contribution is 0.0395. The van der Waals surface area contributed by atoms with Crippen LogP contribution < -0.4 is 9.64 Å². The quantitative estimate of drug-likeness (QED) is 0.305. The lowest BCUT2D eigenvalue weighted by Crippen LogP contribution is -2.58. The molecule has 3 aromatic heterocycles. The molecule has 1 aromatic carbocycles. The SMILES string of the molecule is C[C@@H]1CN(c2ccc3c(n2)-c2sc(-c4ncnn4-c4ccc(F)cc4F)cc2CCO3)C[C@H](C)N1CC(F)F. The number of aromatic nitrogens is 4. The average molecular weight is 559 g/mol. The van der Waals surface area contributed by atoms with Gasteiger partial charge in [-0.3, -0.25) is 4.90 Å². The normalized spacial score (nSPS) is 19.5. The van der Waals surface area contributed by atoms with E-state index in [1.807, 2.05) is 36.9 Å². The van der Waals surface area contributed by atoms with Crippen LogP contribution in [-0.2, 0) is 6.42 Å². The molecule has 0 spiro atoms. The summed E-state index contributed by atoms with van der Waals surface area (Å²) >= 11 is 1.46. The Hall–Kier alpha value is -3.51. The van der Waals surface area contributed by atoms with E-state index in [1.165, 1.54) is 34.5 Å². The first kappa shape index (κ1) is 25.8. The second-order valence-electron chi connectivity index (χ2n) is 9.86. The van der Waals surface area contributed by atoms with Crippen molar-refractivity contribution in [1.29, 1.82) is 0 Å². The highest BCUT2D eigenvalue weighted by atomic mass is 32.1. The highest BCUT2D eigenvalue weighted by molar-refractivity contribution is 7.19. The molecule has 0 unspecified atom stereocenters. The number of pyridine rings is 1. The van der Waals surface area contributed by atoms with E-state index < -0.39 is 18.1 Å². The Morgan fingerprint density at radius 3 is 2.62 bits per heavy atom. The molecule has 0 aliphatic carbocycles. The summed E-state index contributed by atoms with van der Waals surface area (Å²) < 4.78 is 61.6. The van der Waals surface area contributed by atoms with Gasteiger partial charge in [-0.05, 0) is 49.7 Å². The summed E-state index contributed by atoms with van der Waals surface area (Å²) in [4.78, 5) is 15.0. The van der Waals surface area contributed by atoms with Gasteiger partial charge in [-0.25, -0.2) is 32.2 Å². The predicted octanol–water partition coefficient (Wildman–Crippen LogP) is 5.44. The number of hydrogen-bond acceptors (Lipinski definition) is 7. The Balaban J connectivity index is 1.34. The number of thiophene rings is 1. The van der Waals surface area contributed by atoms with Crippen LogP contribution in [0.2, 0.25) is 0 Å². The van der Waals surface area contributed by atoms with Crippen molar-refractivity contribution in [2.24, 2.45) is 0 Å². The number of piperazine rings is 1. The summed E-state index contributed by atoms with van der Waals surface area (Å²) in [5, 5.41) is 4.19. The molecule has 0 radical (unpaired) electrons. The first-order valence-corrected chi connectivity index (χ1v) is 13.5. The molecule has 12 heteroatoms. The summed E-state index contributed by atoms with van der Waals surface area (Å²) in [6.45, 7) is 5.31. The molecule has 0 amide bonds. The second kappa shape index (κ2) is 10.2. The Kier molecular flexibility index (Phi) is 6.76. The molecule has 5 heterocycles. The summed E-state index contributed by atoms with van der Waals surface area (Å²) in [5.41, 5.74) is 1.83. The van der Waals surface area contributed by atoms with Gasteiger partial charge in [-0.1, -0.05) is 0 Å². The number of anilines is 1. The van der Waals surface area contributed by atoms with Gasteiger partial charge >= 0.3 is 0 Å². The van der Waals surface area contributed by atoms with Crippen molar-refractivity contribution in [3.63, 3.8) is 0 Å². The fourth-order valence-corrected chi connectivity index (χ4v) is 6.58. The van der Waals surface area contributed by atoms with Gasteiger partial charge in [0.05, 0.1) is 22.9 Å². The first-order chi connectivity index (χ1) is 18.8. The molecule has 7 nitrogen and oxygen atoms in total. The van der Waals surface area contributed by atoms with E-state index in [0.29, 0.717) is 43.4 Å². The van der Waals surface area contributed by atoms with Crippen LogP contribution in [0.3, 0.4) is 0 Å². The molecule has 2 atom stereocenters. The van der Waals surface area contributed by atoms with Crippen molar-refractivity contribution < 1.29 is 22.3 Å². The standard InChI is InChI=1S/C27H26F4N6OS/c1-15-11-35(12-16(2)36(15)13-23(30)31)24-6-5-21-25(34-24)26-17(7-8-38-21)9-22(39-26)27-32-14-33-37(27)20-4-3-18(28)10-19(20)29/h3-6,9-10,14-16,23H,7-8,11-13H2,1-2H3/t15-,16+. The van der Waals surface area contributed by atoms with Crippen LogP contribution in [-0.4, -0.2) is 69.4 Å². The van der Waals surface area contributed by atoms with Crippen molar-refractivity contribution in [3.8, 4) is 32.7 Å². The minimum atomic E-state index is -2.37. The maximum atomic E-state index is 14.6. The maximum Gasteiger partial charge on any atom is 0.251 e. The number of rotatable bonds is 5. The van der Waals surface area contributed by atoms with E-state index in [-0.39, 0.29) is 24.3 Å². The molecule has 204 valence electrons. The van der Waals surface area contributed by atoms with E-state index in [4.69, 9.17) is 9.72 Å². The summed E-state index contributed by atoms with van der Waals surface area (Å²) in [6, 6.07) is 9.03.